The maximum absolute atomic E-state index is 13.3. The number of nitrogens with zero attached hydrogens (tertiary/aromatic N) is 1. The number of alkyl halides is 2. The van der Waals surface area contributed by atoms with Crippen molar-refractivity contribution in [1.82, 2.24) is 0 Å². The summed E-state index contributed by atoms with van der Waals surface area (Å²) in [5.74, 6) is -3.43. The molecular formula is C12H7F2N. The van der Waals surface area contributed by atoms with Gasteiger partial charge in [-0.05, 0) is 10.8 Å². The molecule has 2 rings (SSSR count). The molecule has 0 N–H and O–H groups in total. The molecular weight excluding hydrogens is 196 g/mol. The molecule has 2 aromatic rings. The molecule has 0 saturated heterocycles. The van der Waals surface area contributed by atoms with Gasteiger partial charge in [0, 0.05) is 5.56 Å². The molecule has 0 atom stereocenters. The van der Waals surface area contributed by atoms with Gasteiger partial charge in [-0.2, -0.15) is 14.0 Å². The summed E-state index contributed by atoms with van der Waals surface area (Å²) in [4.78, 5) is 0. The van der Waals surface area contributed by atoms with Gasteiger partial charge >= 0.3 is 5.92 Å². The van der Waals surface area contributed by atoms with Gasteiger partial charge < -0.3 is 0 Å². The van der Waals surface area contributed by atoms with E-state index in [2.05, 4.69) is 0 Å². The van der Waals surface area contributed by atoms with Crippen LogP contribution >= 0.6 is 0 Å². The van der Waals surface area contributed by atoms with E-state index in [1.54, 1.807) is 30.3 Å². The second kappa shape index (κ2) is 3.32. The summed E-state index contributed by atoms with van der Waals surface area (Å²) in [6.07, 6.45) is 0. The highest BCUT2D eigenvalue weighted by Crippen LogP contribution is 2.32. The number of hydrogen-bond donors (Lipinski definition) is 0. The van der Waals surface area contributed by atoms with Gasteiger partial charge in [0.15, 0.2) is 0 Å². The fraction of sp³-hybridized carbons (Fsp3) is 0.0833. The van der Waals surface area contributed by atoms with E-state index in [0.29, 0.717) is 10.8 Å². The van der Waals surface area contributed by atoms with Gasteiger partial charge in [0.25, 0.3) is 0 Å². The van der Waals surface area contributed by atoms with E-state index < -0.39 is 5.92 Å². The Bertz CT molecular complexity index is 535. The third kappa shape index (κ3) is 1.55. The van der Waals surface area contributed by atoms with E-state index >= 15 is 0 Å². The lowest BCUT2D eigenvalue weighted by Crippen LogP contribution is -2.10. The van der Waals surface area contributed by atoms with E-state index in [1.165, 1.54) is 12.1 Å². The Balaban J connectivity index is 2.78. The number of benzene rings is 2. The van der Waals surface area contributed by atoms with Crippen LogP contribution in [0.1, 0.15) is 5.56 Å². The van der Waals surface area contributed by atoms with Crippen LogP contribution in [0.25, 0.3) is 10.8 Å². The van der Waals surface area contributed by atoms with Crippen molar-refractivity contribution in [2.24, 2.45) is 0 Å². The van der Waals surface area contributed by atoms with Crippen LogP contribution in [0.15, 0.2) is 42.5 Å². The van der Waals surface area contributed by atoms with E-state index in [4.69, 9.17) is 5.26 Å². The third-order valence-corrected chi connectivity index (χ3v) is 2.27. The summed E-state index contributed by atoms with van der Waals surface area (Å²) in [7, 11) is 0. The molecule has 3 heteroatoms. The van der Waals surface area contributed by atoms with Crippen molar-refractivity contribution in [3.63, 3.8) is 0 Å². The second-order valence-electron chi connectivity index (χ2n) is 3.21. The van der Waals surface area contributed by atoms with Crippen molar-refractivity contribution < 1.29 is 8.78 Å². The van der Waals surface area contributed by atoms with Gasteiger partial charge in [-0.15, -0.1) is 0 Å². The maximum atomic E-state index is 13.3. The number of halogens is 2. The zero-order valence-corrected chi connectivity index (χ0v) is 7.74. The SMILES string of the molecule is N#CC(F)(F)c1cccc2ccccc12. The van der Waals surface area contributed by atoms with Gasteiger partial charge in [0.2, 0.25) is 0 Å². The summed E-state index contributed by atoms with van der Waals surface area (Å²) in [5, 5.41) is 9.54. The van der Waals surface area contributed by atoms with Gasteiger partial charge in [0.1, 0.15) is 6.07 Å². The molecule has 74 valence electrons. The molecule has 2 aromatic carbocycles. The lowest BCUT2D eigenvalue weighted by atomic mass is 10.0. The topological polar surface area (TPSA) is 23.8 Å². The largest absolute Gasteiger partial charge is 0.358 e. The molecule has 0 bridgehead atoms. The summed E-state index contributed by atoms with van der Waals surface area (Å²) in [5.41, 5.74) is -0.233. The number of rotatable bonds is 1. The van der Waals surface area contributed by atoms with E-state index in [9.17, 15) is 8.78 Å². The van der Waals surface area contributed by atoms with Crippen molar-refractivity contribution in [2.75, 3.05) is 0 Å². The molecule has 0 heterocycles. The number of nitriles is 1. The van der Waals surface area contributed by atoms with Crippen LogP contribution in [-0.4, -0.2) is 0 Å². The Morgan fingerprint density at radius 2 is 1.67 bits per heavy atom. The van der Waals surface area contributed by atoms with Crippen molar-refractivity contribution in [1.29, 1.82) is 5.26 Å². The van der Waals surface area contributed by atoms with Crippen LogP contribution in [-0.2, 0) is 5.92 Å². The maximum Gasteiger partial charge on any atom is 0.358 e. The highest BCUT2D eigenvalue weighted by atomic mass is 19.3. The fourth-order valence-corrected chi connectivity index (χ4v) is 1.56. The molecule has 1 nitrogen and oxygen atoms in total. The fourth-order valence-electron chi connectivity index (χ4n) is 1.56. The Labute approximate surface area is 85.6 Å². The summed E-state index contributed by atoms with van der Waals surface area (Å²) < 4.78 is 26.5. The third-order valence-electron chi connectivity index (χ3n) is 2.27. The highest BCUT2D eigenvalue weighted by molar-refractivity contribution is 5.86. The lowest BCUT2D eigenvalue weighted by Gasteiger charge is -2.10. The molecule has 0 fully saturated rings. The molecule has 0 aromatic heterocycles. The minimum atomic E-state index is -3.43. The smallest absolute Gasteiger partial charge is 0.191 e. The molecule has 15 heavy (non-hydrogen) atoms. The Morgan fingerprint density at radius 3 is 2.40 bits per heavy atom. The second-order valence-corrected chi connectivity index (χ2v) is 3.21. The predicted molar refractivity (Wildman–Crippen MR) is 53.5 cm³/mol. The zero-order chi connectivity index (χ0) is 10.9. The van der Waals surface area contributed by atoms with Crippen LogP contribution in [0.4, 0.5) is 8.78 Å². The number of hydrogen-bond acceptors (Lipinski definition) is 1. The highest BCUT2D eigenvalue weighted by Gasteiger charge is 2.32. The van der Waals surface area contributed by atoms with Crippen LogP contribution in [0, 0.1) is 11.3 Å². The monoisotopic (exact) mass is 203 g/mol. The van der Waals surface area contributed by atoms with E-state index in [0.717, 1.165) is 6.07 Å². The standard InChI is InChI=1S/C12H7F2N/c13-12(14,8-15)11-7-3-5-9-4-1-2-6-10(9)11/h1-7H. The normalized spacial score (nSPS) is 11.3. The average molecular weight is 203 g/mol. The molecule has 0 unspecified atom stereocenters. The molecule has 0 aliphatic carbocycles. The zero-order valence-electron chi connectivity index (χ0n) is 7.74. The minimum absolute atomic E-state index is 0.233. The lowest BCUT2D eigenvalue weighted by molar-refractivity contribution is 0.0630. The van der Waals surface area contributed by atoms with Crippen LogP contribution in [0.5, 0.6) is 0 Å². The van der Waals surface area contributed by atoms with Crippen LogP contribution < -0.4 is 0 Å². The van der Waals surface area contributed by atoms with Gasteiger partial charge in [-0.1, -0.05) is 42.5 Å². The van der Waals surface area contributed by atoms with Crippen molar-refractivity contribution >= 4 is 10.8 Å². The van der Waals surface area contributed by atoms with E-state index in [-0.39, 0.29) is 5.56 Å². The quantitative estimate of drug-likeness (QED) is 0.696. The average Bonchev–Trinajstić information content (AvgIpc) is 2.28. The van der Waals surface area contributed by atoms with Crippen LogP contribution in [0.2, 0.25) is 0 Å². The van der Waals surface area contributed by atoms with Gasteiger partial charge in [-0.3, -0.25) is 0 Å². The first-order valence-corrected chi connectivity index (χ1v) is 4.42. The first-order chi connectivity index (χ1) is 7.15. The van der Waals surface area contributed by atoms with Crippen molar-refractivity contribution in [2.45, 2.75) is 5.92 Å². The summed E-state index contributed by atoms with van der Waals surface area (Å²) in [6, 6.07) is 12.4. The van der Waals surface area contributed by atoms with Gasteiger partial charge in [-0.25, -0.2) is 0 Å². The first-order valence-electron chi connectivity index (χ1n) is 4.42. The molecule has 0 radical (unpaired) electrons. The van der Waals surface area contributed by atoms with Crippen molar-refractivity contribution in [3.8, 4) is 6.07 Å². The Morgan fingerprint density at radius 1 is 1.00 bits per heavy atom. The van der Waals surface area contributed by atoms with Gasteiger partial charge in [0.05, 0.1) is 0 Å². The summed E-state index contributed by atoms with van der Waals surface area (Å²) >= 11 is 0. The molecule has 0 saturated carbocycles. The predicted octanol–water partition coefficient (Wildman–Crippen LogP) is 3.46. The first kappa shape index (κ1) is 9.60. The molecule has 0 amide bonds. The summed E-state index contributed by atoms with van der Waals surface area (Å²) in [6.45, 7) is 0. The molecule has 0 spiro atoms. The van der Waals surface area contributed by atoms with Crippen molar-refractivity contribution in [3.05, 3.63) is 48.0 Å². The Kier molecular flexibility index (Phi) is 2.12. The minimum Gasteiger partial charge on any atom is -0.191 e. The molecule has 0 aliphatic rings. The Hall–Kier alpha value is -1.95. The number of fused-ring (bicyclic) bond motifs is 1. The molecule has 0 aliphatic heterocycles. The van der Waals surface area contributed by atoms with E-state index in [1.807, 2.05) is 0 Å². The van der Waals surface area contributed by atoms with Crippen LogP contribution in [0.3, 0.4) is 0 Å².